The van der Waals surface area contributed by atoms with Gasteiger partial charge in [0.2, 0.25) is 0 Å². The van der Waals surface area contributed by atoms with Gasteiger partial charge in [0.1, 0.15) is 18.0 Å². The third kappa shape index (κ3) is 4.43. The van der Waals surface area contributed by atoms with Crippen LogP contribution in [0.1, 0.15) is 12.5 Å². The highest BCUT2D eigenvalue weighted by atomic mass is 19.3. The van der Waals surface area contributed by atoms with Gasteiger partial charge < -0.3 is 9.47 Å². The van der Waals surface area contributed by atoms with Crippen molar-refractivity contribution in [1.29, 1.82) is 0 Å². The number of para-hydroxylation sites is 3. The first-order valence-electron chi connectivity index (χ1n) is 8.35. The van der Waals surface area contributed by atoms with Crippen LogP contribution in [0.5, 0.6) is 11.5 Å². The van der Waals surface area contributed by atoms with E-state index in [1.807, 2.05) is 0 Å². The number of nitrogens with one attached hydrogen (secondary N) is 1. The van der Waals surface area contributed by atoms with Crippen molar-refractivity contribution < 1.29 is 27.8 Å². The predicted octanol–water partition coefficient (Wildman–Crippen LogP) is 2.55. The number of benzene rings is 2. The van der Waals surface area contributed by atoms with Gasteiger partial charge in [-0.05, 0) is 31.2 Å². The molecule has 0 saturated heterocycles. The first-order valence-corrected chi connectivity index (χ1v) is 8.35. The lowest BCUT2D eigenvalue weighted by Gasteiger charge is -2.28. The van der Waals surface area contributed by atoms with Gasteiger partial charge in [-0.2, -0.15) is 13.9 Å². The minimum absolute atomic E-state index is 0.0507. The zero-order chi connectivity index (χ0) is 20.1. The van der Waals surface area contributed by atoms with E-state index in [9.17, 15) is 18.4 Å². The molecule has 0 aromatic heterocycles. The zero-order valence-corrected chi connectivity index (χ0v) is 14.9. The summed E-state index contributed by atoms with van der Waals surface area (Å²) < 4.78 is 34.8. The van der Waals surface area contributed by atoms with Gasteiger partial charge in [0.05, 0.1) is 11.4 Å². The van der Waals surface area contributed by atoms with Gasteiger partial charge in [0.15, 0.2) is 6.61 Å². The van der Waals surface area contributed by atoms with E-state index in [0.29, 0.717) is 17.0 Å². The van der Waals surface area contributed by atoms with Crippen molar-refractivity contribution >= 4 is 23.2 Å². The van der Waals surface area contributed by atoms with Crippen molar-refractivity contribution in [3.8, 4) is 11.5 Å². The monoisotopic (exact) mass is 389 g/mol. The molecule has 2 aromatic carbocycles. The fourth-order valence-electron chi connectivity index (χ4n) is 2.68. The van der Waals surface area contributed by atoms with E-state index in [1.165, 1.54) is 11.0 Å². The molecule has 9 heteroatoms. The molecule has 1 aliphatic heterocycles. The van der Waals surface area contributed by atoms with Crippen LogP contribution in [-0.2, 0) is 9.59 Å². The molecule has 0 saturated carbocycles. The molecule has 0 fully saturated rings. The highest BCUT2D eigenvalue weighted by molar-refractivity contribution is 6.03. The number of hydrazone groups is 1. The van der Waals surface area contributed by atoms with Gasteiger partial charge in [0, 0.05) is 5.56 Å². The molecule has 1 N–H and O–H groups in total. The van der Waals surface area contributed by atoms with Crippen LogP contribution in [0.25, 0.3) is 0 Å². The zero-order valence-electron chi connectivity index (χ0n) is 14.9. The van der Waals surface area contributed by atoms with Crippen molar-refractivity contribution in [2.45, 2.75) is 13.5 Å². The minimum atomic E-state index is -2.98. The Hall–Kier alpha value is -3.49. The van der Waals surface area contributed by atoms with E-state index in [0.717, 1.165) is 0 Å². The second-order valence-corrected chi connectivity index (χ2v) is 5.84. The number of carbonyl (C=O) groups excluding carboxylic acids is 2. The van der Waals surface area contributed by atoms with Gasteiger partial charge in [-0.3, -0.25) is 14.5 Å². The third-order valence-corrected chi connectivity index (χ3v) is 3.95. The van der Waals surface area contributed by atoms with Crippen molar-refractivity contribution in [3.63, 3.8) is 0 Å². The lowest BCUT2D eigenvalue weighted by atomic mass is 10.1. The largest absolute Gasteiger partial charge is 0.482 e. The molecule has 0 atom stereocenters. The van der Waals surface area contributed by atoms with Crippen molar-refractivity contribution in [1.82, 2.24) is 5.43 Å². The van der Waals surface area contributed by atoms with Gasteiger partial charge in [-0.15, -0.1) is 0 Å². The number of rotatable bonds is 6. The number of anilines is 1. The Kier molecular flexibility index (Phi) is 5.83. The Morgan fingerprint density at radius 1 is 1.25 bits per heavy atom. The molecule has 2 amide bonds. The topological polar surface area (TPSA) is 80.2 Å². The van der Waals surface area contributed by atoms with Gasteiger partial charge in [-0.1, -0.05) is 24.3 Å². The molecule has 0 radical (unpaired) electrons. The molecule has 146 valence electrons. The Balaban J connectivity index is 1.70. The summed E-state index contributed by atoms with van der Waals surface area (Å²) in [7, 11) is 0. The highest BCUT2D eigenvalue weighted by Crippen LogP contribution is 2.31. The maximum absolute atomic E-state index is 12.5. The number of ether oxygens (including phenoxy) is 2. The molecule has 1 heterocycles. The number of carbonyl (C=O) groups is 2. The van der Waals surface area contributed by atoms with Crippen LogP contribution in [0, 0.1) is 0 Å². The van der Waals surface area contributed by atoms with Crippen molar-refractivity contribution in [2.24, 2.45) is 5.10 Å². The molecule has 1 aliphatic rings. The smallest absolute Gasteiger partial charge is 0.387 e. The second-order valence-electron chi connectivity index (χ2n) is 5.84. The van der Waals surface area contributed by atoms with Gasteiger partial charge >= 0.3 is 6.61 Å². The third-order valence-electron chi connectivity index (χ3n) is 3.95. The molecule has 2 aromatic rings. The molecule has 0 bridgehead atoms. The van der Waals surface area contributed by atoms with Crippen LogP contribution in [0.3, 0.4) is 0 Å². The number of amides is 2. The Morgan fingerprint density at radius 2 is 1.96 bits per heavy atom. The SMILES string of the molecule is C/C(=N/NC(=O)CN1C(=O)COc2ccccc21)c1ccccc1OC(F)F. The van der Waals surface area contributed by atoms with E-state index in [2.05, 4.69) is 15.3 Å². The van der Waals surface area contributed by atoms with Crippen LogP contribution >= 0.6 is 0 Å². The number of alkyl halides is 2. The number of halogens is 2. The molecular weight excluding hydrogens is 372 g/mol. The average Bonchev–Trinajstić information content (AvgIpc) is 2.68. The Labute approximate surface area is 159 Å². The lowest BCUT2D eigenvalue weighted by molar-refractivity contribution is -0.125. The van der Waals surface area contributed by atoms with E-state index >= 15 is 0 Å². The van der Waals surface area contributed by atoms with E-state index in [-0.39, 0.29) is 30.5 Å². The molecular formula is C19H17F2N3O4. The summed E-state index contributed by atoms with van der Waals surface area (Å²) in [5.74, 6) is -0.445. The summed E-state index contributed by atoms with van der Waals surface area (Å²) in [6.07, 6.45) is 0. The summed E-state index contributed by atoms with van der Waals surface area (Å²) in [6.45, 7) is -1.85. The summed E-state index contributed by atoms with van der Waals surface area (Å²) in [6, 6.07) is 13.0. The molecule has 0 unspecified atom stereocenters. The molecule has 28 heavy (non-hydrogen) atoms. The van der Waals surface area contributed by atoms with Crippen LogP contribution < -0.4 is 19.8 Å². The molecule has 7 nitrogen and oxygen atoms in total. The second kappa shape index (κ2) is 8.47. The Morgan fingerprint density at radius 3 is 2.75 bits per heavy atom. The molecule has 3 rings (SSSR count). The van der Waals surface area contributed by atoms with E-state index in [1.54, 1.807) is 49.4 Å². The van der Waals surface area contributed by atoms with Crippen LogP contribution in [-0.4, -0.2) is 37.3 Å². The molecule has 0 spiro atoms. The lowest BCUT2D eigenvalue weighted by Crippen LogP contribution is -2.44. The summed E-state index contributed by atoms with van der Waals surface area (Å²) in [5, 5.41) is 3.93. The standard InChI is InChI=1S/C19H17F2N3O4/c1-12(13-6-2-4-8-15(13)28-19(20)21)22-23-17(25)10-24-14-7-3-5-9-16(14)27-11-18(24)26/h2-9,19H,10-11H2,1H3,(H,23,25)/b22-12-. The first-order chi connectivity index (χ1) is 13.5. The summed E-state index contributed by atoms with van der Waals surface area (Å²) in [5.41, 5.74) is 3.41. The fourth-order valence-corrected chi connectivity index (χ4v) is 2.68. The number of fused-ring (bicyclic) bond motifs is 1. The first kappa shape index (κ1) is 19.3. The number of hydrogen-bond acceptors (Lipinski definition) is 5. The van der Waals surface area contributed by atoms with Gasteiger partial charge in [-0.25, -0.2) is 5.43 Å². The van der Waals surface area contributed by atoms with Crippen LogP contribution in [0.2, 0.25) is 0 Å². The fraction of sp³-hybridized carbons (Fsp3) is 0.211. The average molecular weight is 389 g/mol. The van der Waals surface area contributed by atoms with Gasteiger partial charge in [0.25, 0.3) is 11.8 Å². The quantitative estimate of drug-likeness (QED) is 0.608. The van der Waals surface area contributed by atoms with Crippen molar-refractivity contribution in [3.05, 3.63) is 54.1 Å². The van der Waals surface area contributed by atoms with Crippen LogP contribution in [0.15, 0.2) is 53.6 Å². The summed E-state index contributed by atoms with van der Waals surface area (Å²) in [4.78, 5) is 25.7. The van der Waals surface area contributed by atoms with Crippen molar-refractivity contribution in [2.75, 3.05) is 18.1 Å². The van der Waals surface area contributed by atoms with E-state index < -0.39 is 12.5 Å². The molecule has 0 aliphatic carbocycles. The maximum atomic E-state index is 12.5. The predicted molar refractivity (Wildman–Crippen MR) is 97.7 cm³/mol. The highest BCUT2D eigenvalue weighted by Gasteiger charge is 2.26. The normalized spacial score (nSPS) is 13.8. The van der Waals surface area contributed by atoms with E-state index in [4.69, 9.17) is 4.74 Å². The maximum Gasteiger partial charge on any atom is 0.387 e. The summed E-state index contributed by atoms with van der Waals surface area (Å²) >= 11 is 0. The van der Waals surface area contributed by atoms with Crippen LogP contribution in [0.4, 0.5) is 14.5 Å². The number of hydrogen-bond donors (Lipinski definition) is 1. The Bertz CT molecular complexity index is 918. The number of nitrogens with zero attached hydrogens (tertiary/aromatic N) is 2. The minimum Gasteiger partial charge on any atom is -0.482 e.